The Morgan fingerprint density at radius 3 is 1.75 bits per heavy atom. The Kier molecular flexibility index (Phi) is 18.4. The Balaban J connectivity index is 1.55. The largest absolute Gasteiger partial charge is 0.497 e. The molecule has 0 amide bonds. The summed E-state index contributed by atoms with van der Waals surface area (Å²) in [7, 11) is 14.6. The van der Waals surface area contributed by atoms with Gasteiger partial charge in [0.2, 0.25) is 0 Å². The molecular weight excluding hydrogens is 805 g/mol. The molecule has 1 fully saturated rings. The van der Waals surface area contributed by atoms with Crippen molar-refractivity contribution < 1.29 is 42.2 Å². The van der Waals surface area contributed by atoms with Crippen molar-refractivity contribution in [2.45, 2.75) is 36.2 Å². The van der Waals surface area contributed by atoms with Crippen LogP contribution in [0, 0.1) is 0 Å². The van der Waals surface area contributed by atoms with Crippen molar-refractivity contribution in [1.29, 1.82) is 0 Å². The molecule has 61 heavy (non-hydrogen) atoms. The van der Waals surface area contributed by atoms with E-state index in [1.54, 1.807) is 14.2 Å². The molecule has 1 N–H and O–H groups in total. The Hall–Kier alpha value is -4.03. The van der Waals surface area contributed by atoms with E-state index < -0.39 is 56.0 Å². The summed E-state index contributed by atoms with van der Waals surface area (Å²) in [6, 6.07) is 26.6. The first-order chi connectivity index (χ1) is 29.4. The van der Waals surface area contributed by atoms with Gasteiger partial charge in [-0.05, 0) is 83.2 Å². The second-order valence-electron chi connectivity index (χ2n) is 15.2. The van der Waals surface area contributed by atoms with Gasteiger partial charge in [-0.25, -0.2) is 9.46 Å². The maximum absolute atomic E-state index is 13.3. The molecule has 334 valence electrons. The summed E-state index contributed by atoms with van der Waals surface area (Å²) >= 11 is 0. The molecule has 0 aliphatic carbocycles. The number of rotatable bonds is 25. The minimum absolute atomic E-state index is 0.0482. The van der Waals surface area contributed by atoms with E-state index in [2.05, 4.69) is 4.98 Å². The van der Waals surface area contributed by atoms with Gasteiger partial charge in [-0.2, -0.15) is 0 Å². The van der Waals surface area contributed by atoms with Crippen LogP contribution < -0.4 is 20.7 Å². The summed E-state index contributed by atoms with van der Waals surface area (Å²) in [5, 5.41) is 0. The fraction of sp³-hybridized carbons (Fsp3) is 0.500. The zero-order valence-electron chi connectivity index (χ0n) is 36.7. The van der Waals surface area contributed by atoms with Gasteiger partial charge < -0.3 is 52.0 Å². The lowest BCUT2D eigenvalue weighted by atomic mass is 9.80. The first kappa shape index (κ1) is 48.0. The molecule has 5 rings (SSSR count). The molecule has 0 saturated carbocycles. The number of benzene rings is 3. The van der Waals surface area contributed by atoms with E-state index in [1.807, 2.05) is 136 Å². The topological polar surface area (TPSA) is 148 Å². The molecule has 1 unspecified atom stereocenters. The monoisotopic (exact) mass is 867 g/mol. The number of hydrogen-bond donors (Lipinski definition) is 1. The number of aromatic nitrogens is 2. The first-order valence-corrected chi connectivity index (χ1v) is 21.3. The molecule has 2 heterocycles. The lowest BCUT2D eigenvalue weighted by molar-refractivity contribution is -0.0961. The third-order valence-electron chi connectivity index (χ3n) is 10.1. The quantitative estimate of drug-likeness (QED) is 0.0577. The number of aromatic amines is 1. The van der Waals surface area contributed by atoms with Crippen molar-refractivity contribution in [3.05, 3.63) is 129 Å². The Labute approximate surface area is 360 Å². The molecule has 0 radical (unpaired) electrons. The standard InChI is InChI=1S/C44H62N5O11P/c1-46(2)25-27-55-29-37(30-56-28-26-47(3)4)59-61(48(5)6)60-40-38(58-42(41(40)54-9)49-24-23-39(50)45-43(49)51)31-57-44(32-13-11-10-12-14-32,33-15-19-35(52-7)20-16-33)34-17-21-36(53-8)22-18-34/h10-24,37-38,40-42H,25-31H2,1-9H3,(H,45,50,51)/t38-,40-,41-,42-,61?/m1/s1. The van der Waals surface area contributed by atoms with Crippen molar-refractivity contribution in [2.24, 2.45) is 0 Å². The lowest BCUT2D eigenvalue weighted by Crippen LogP contribution is -2.42. The van der Waals surface area contributed by atoms with Crippen LogP contribution in [0.5, 0.6) is 11.5 Å². The molecule has 4 aromatic rings. The number of nitrogens with zero attached hydrogens (tertiary/aromatic N) is 4. The molecule has 0 spiro atoms. The summed E-state index contributed by atoms with van der Waals surface area (Å²) in [5.41, 5.74) is 0.103. The number of ether oxygens (including phenoxy) is 7. The van der Waals surface area contributed by atoms with Gasteiger partial charge in [-0.3, -0.25) is 14.3 Å². The molecule has 1 aliphatic heterocycles. The van der Waals surface area contributed by atoms with Crippen LogP contribution in [0.4, 0.5) is 0 Å². The third-order valence-corrected chi connectivity index (χ3v) is 11.6. The third kappa shape index (κ3) is 12.8. The number of nitrogens with one attached hydrogen (secondary N) is 1. The fourth-order valence-corrected chi connectivity index (χ4v) is 8.10. The highest BCUT2D eigenvalue weighted by Gasteiger charge is 2.51. The van der Waals surface area contributed by atoms with Crippen LogP contribution in [0.1, 0.15) is 22.9 Å². The minimum Gasteiger partial charge on any atom is -0.497 e. The highest BCUT2D eigenvalue weighted by Crippen LogP contribution is 2.49. The van der Waals surface area contributed by atoms with Crippen LogP contribution in [0.3, 0.4) is 0 Å². The number of likely N-dealkylation sites (N-methyl/N-ethyl adjacent to an activating group) is 2. The van der Waals surface area contributed by atoms with Gasteiger partial charge in [0.05, 0.1) is 47.3 Å². The average Bonchev–Trinajstić information content (AvgIpc) is 3.60. The number of methoxy groups -OCH3 is 3. The van der Waals surface area contributed by atoms with Crippen LogP contribution in [-0.4, -0.2) is 158 Å². The summed E-state index contributed by atoms with van der Waals surface area (Å²) in [4.78, 5) is 31.9. The molecule has 0 bridgehead atoms. The van der Waals surface area contributed by atoms with E-state index in [4.69, 9.17) is 42.2 Å². The van der Waals surface area contributed by atoms with E-state index in [9.17, 15) is 9.59 Å². The normalized spacial score (nSPS) is 18.7. The lowest BCUT2D eigenvalue weighted by Gasteiger charge is -2.38. The highest BCUT2D eigenvalue weighted by molar-refractivity contribution is 7.44. The van der Waals surface area contributed by atoms with E-state index in [1.165, 1.54) is 23.9 Å². The van der Waals surface area contributed by atoms with Crippen molar-refractivity contribution in [3.8, 4) is 11.5 Å². The summed E-state index contributed by atoms with van der Waals surface area (Å²) in [6.07, 6.45) is -2.66. The van der Waals surface area contributed by atoms with Gasteiger partial charge in [0.25, 0.3) is 14.1 Å². The molecule has 1 aliphatic rings. The number of hydrogen-bond acceptors (Lipinski definition) is 14. The van der Waals surface area contributed by atoms with Crippen molar-refractivity contribution >= 4 is 8.53 Å². The second kappa shape index (κ2) is 23.4. The minimum atomic E-state index is -1.81. The van der Waals surface area contributed by atoms with Gasteiger partial charge >= 0.3 is 5.69 Å². The predicted octanol–water partition coefficient (Wildman–Crippen LogP) is 4.19. The summed E-state index contributed by atoms with van der Waals surface area (Å²) in [6.45, 7) is 2.99. The molecule has 3 aromatic carbocycles. The van der Waals surface area contributed by atoms with Crippen LogP contribution in [0.2, 0.25) is 0 Å². The van der Waals surface area contributed by atoms with Crippen molar-refractivity contribution in [1.82, 2.24) is 24.0 Å². The van der Waals surface area contributed by atoms with E-state index >= 15 is 0 Å². The van der Waals surface area contributed by atoms with Crippen LogP contribution >= 0.6 is 8.53 Å². The molecule has 5 atom stereocenters. The summed E-state index contributed by atoms with van der Waals surface area (Å²) in [5.74, 6) is 1.37. The van der Waals surface area contributed by atoms with E-state index in [0.717, 1.165) is 29.8 Å². The Bertz CT molecular complexity index is 1940. The first-order valence-electron chi connectivity index (χ1n) is 20.1. The smallest absolute Gasteiger partial charge is 0.330 e. The summed E-state index contributed by atoms with van der Waals surface area (Å²) < 4.78 is 60.2. The maximum atomic E-state index is 13.3. The van der Waals surface area contributed by atoms with Gasteiger partial charge in [0, 0.05) is 32.5 Å². The molecule has 1 aromatic heterocycles. The second-order valence-corrected chi connectivity index (χ2v) is 16.9. The van der Waals surface area contributed by atoms with Gasteiger partial charge in [0.1, 0.15) is 41.5 Å². The Morgan fingerprint density at radius 1 is 0.738 bits per heavy atom. The molecule has 17 heteroatoms. The zero-order chi connectivity index (χ0) is 43.9. The molecular formula is C44H62N5O11P. The van der Waals surface area contributed by atoms with Crippen molar-refractivity contribution in [2.75, 3.05) is 110 Å². The molecule has 1 saturated heterocycles. The van der Waals surface area contributed by atoms with Gasteiger partial charge in [-0.1, -0.05) is 54.6 Å². The van der Waals surface area contributed by atoms with Crippen molar-refractivity contribution in [3.63, 3.8) is 0 Å². The highest BCUT2D eigenvalue weighted by atomic mass is 31.2. The average molecular weight is 868 g/mol. The van der Waals surface area contributed by atoms with Gasteiger partial charge in [0.15, 0.2) is 6.23 Å². The van der Waals surface area contributed by atoms with E-state index in [-0.39, 0.29) is 19.8 Å². The maximum Gasteiger partial charge on any atom is 0.330 e. The van der Waals surface area contributed by atoms with Crippen LogP contribution in [-0.2, 0) is 38.3 Å². The van der Waals surface area contributed by atoms with Crippen LogP contribution in [0.15, 0.2) is 101 Å². The fourth-order valence-electron chi connectivity index (χ4n) is 6.83. The zero-order valence-corrected chi connectivity index (χ0v) is 37.6. The predicted molar refractivity (Wildman–Crippen MR) is 233 cm³/mol. The molecule has 16 nitrogen and oxygen atoms in total. The number of H-pyrrole nitrogens is 1. The van der Waals surface area contributed by atoms with Gasteiger partial charge in [-0.15, -0.1) is 0 Å². The van der Waals surface area contributed by atoms with E-state index in [0.29, 0.717) is 24.7 Å². The SMILES string of the molecule is COc1ccc(C(OC[C@H]2O[C@@H](n3ccc(=O)[nH]c3=O)[C@H](OC)[C@@H]2OP(OC(COCCN(C)C)COCCN(C)C)N(C)C)(c2ccccc2)c2ccc(OC)cc2)cc1. The Morgan fingerprint density at radius 2 is 1.28 bits per heavy atom. The van der Waals surface area contributed by atoms with Crippen LogP contribution in [0.25, 0.3) is 0 Å².